The number of carboxylic acid groups (broad SMARTS) is 1. The molecule has 2 N–H and O–H groups in total. The van der Waals surface area contributed by atoms with Crippen LogP contribution >= 0.6 is 11.6 Å². The summed E-state index contributed by atoms with van der Waals surface area (Å²) in [7, 11) is 1.67. The molecule has 20 heavy (non-hydrogen) atoms. The Morgan fingerprint density at radius 1 is 1.35 bits per heavy atom. The Morgan fingerprint density at radius 3 is 2.60 bits per heavy atom. The van der Waals surface area contributed by atoms with E-state index in [-0.39, 0.29) is 25.8 Å². The number of hydrogen-bond donors (Lipinski definition) is 2. The molecule has 2 amide bonds. The molecule has 0 unspecified atom stereocenters. The molecule has 0 bridgehead atoms. The molecule has 0 saturated heterocycles. The van der Waals surface area contributed by atoms with Gasteiger partial charge < -0.3 is 20.1 Å². The topological polar surface area (TPSA) is 78.9 Å². The summed E-state index contributed by atoms with van der Waals surface area (Å²) in [5.41, 5.74) is 0.967. The van der Waals surface area contributed by atoms with E-state index >= 15 is 0 Å². The predicted molar refractivity (Wildman–Crippen MR) is 74.8 cm³/mol. The molecule has 0 aliphatic rings. The van der Waals surface area contributed by atoms with Crippen molar-refractivity contribution in [3.05, 3.63) is 34.9 Å². The van der Waals surface area contributed by atoms with Crippen molar-refractivity contribution in [1.82, 2.24) is 10.2 Å². The zero-order chi connectivity index (χ0) is 15.0. The minimum atomic E-state index is -1.03. The number of carbonyl (C=O) groups is 2. The van der Waals surface area contributed by atoms with Crippen molar-refractivity contribution < 1.29 is 19.4 Å². The Balaban J connectivity index is 2.25. The third-order valence-corrected chi connectivity index (χ3v) is 2.68. The lowest BCUT2D eigenvalue weighted by Gasteiger charge is -2.18. The number of carboxylic acids is 1. The molecule has 0 fully saturated rings. The van der Waals surface area contributed by atoms with Crippen LogP contribution in [0.25, 0.3) is 0 Å². The standard InChI is InChI=1S/C13H17ClN2O4/c1-16(8-10-2-4-11(14)5-3-10)13(19)15-6-7-20-9-12(17)18/h2-5H,6-9H2,1H3,(H,15,19)(H,17,18). The van der Waals surface area contributed by atoms with E-state index in [1.807, 2.05) is 12.1 Å². The monoisotopic (exact) mass is 300 g/mol. The number of nitrogens with zero attached hydrogens (tertiary/aromatic N) is 1. The summed E-state index contributed by atoms with van der Waals surface area (Å²) in [5, 5.41) is 11.6. The van der Waals surface area contributed by atoms with Crippen LogP contribution < -0.4 is 5.32 Å². The van der Waals surface area contributed by atoms with Crippen molar-refractivity contribution >= 4 is 23.6 Å². The van der Waals surface area contributed by atoms with E-state index in [4.69, 9.17) is 21.4 Å². The lowest BCUT2D eigenvalue weighted by molar-refractivity contribution is -0.142. The number of benzene rings is 1. The molecule has 0 saturated carbocycles. The molecule has 0 spiro atoms. The minimum Gasteiger partial charge on any atom is -0.480 e. The number of amides is 2. The van der Waals surface area contributed by atoms with Gasteiger partial charge >= 0.3 is 12.0 Å². The van der Waals surface area contributed by atoms with E-state index in [1.54, 1.807) is 19.2 Å². The number of aliphatic carboxylic acids is 1. The second kappa shape index (κ2) is 8.39. The van der Waals surface area contributed by atoms with Gasteiger partial charge in [0, 0.05) is 25.2 Å². The summed E-state index contributed by atoms with van der Waals surface area (Å²) in [6.07, 6.45) is 0. The van der Waals surface area contributed by atoms with Gasteiger partial charge in [0.25, 0.3) is 0 Å². The van der Waals surface area contributed by atoms with E-state index in [0.29, 0.717) is 11.6 Å². The van der Waals surface area contributed by atoms with Crippen LogP contribution in [-0.2, 0) is 16.1 Å². The summed E-state index contributed by atoms with van der Waals surface area (Å²) in [4.78, 5) is 23.4. The van der Waals surface area contributed by atoms with Crippen LogP contribution in [0.1, 0.15) is 5.56 Å². The highest BCUT2D eigenvalue weighted by molar-refractivity contribution is 6.30. The van der Waals surface area contributed by atoms with Crippen LogP contribution in [-0.4, -0.2) is 48.8 Å². The first-order chi connectivity index (χ1) is 9.49. The number of carbonyl (C=O) groups excluding carboxylic acids is 1. The third kappa shape index (κ3) is 6.40. The zero-order valence-electron chi connectivity index (χ0n) is 11.1. The van der Waals surface area contributed by atoms with Gasteiger partial charge in [0.15, 0.2) is 0 Å². The highest BCUT2D eigenvalue weighted by Gasteiger charge is 2.08. The Hall–Kier alpha value is -1.79. The van der Waals surface area contributed by atoms with Crippen molar-refractivity contribution in [2.75, 3.05) is 26.8 Å². The van der Waals surface area contributed by atoms with Gasteiger partial charge in [-0.3, -0.25) is 0 Å². The number of halogens is 1. The van der Waals surface area contributed by atoms with Gasteiger partial charge in [-0.05, 0) is 17.7 Å². The summed E-state index contributed by atoms with van der Waals surface area (Å²) in [5.74, 6) is -1.03. The van der Waals surface area contributed by atoms with E-state index in [9.17, 15) is 9.59 Å². The molecule has 0 radical (unpaired) electrons. The number of hydrogen-bond acceptors (Lipinski definition) is 3. The number of nitrogens with one attached hydrogen (secondary N) is 1. The molecule has 1 rings (SSSR count). The van der Waals surface area contributed by atoms with Gasteiger partial charge in [-0.15, -0.1) is 0 Å². The van der Waals surface area contributed by atoms with Crippen molar-refractivity contribution in [2.24, 2.45) is 0 Å². The Bertz CT molecular complexity index is 450. The lowest BCUT2D eigenvalue weighted by atomic mass is 10.2. The highest BCUT2D eigenvalue weighted by Crippen LogP contribution is 2.10. The van der Waals surface area contributed by atoms with Crippen LogP contribution in [0, 0.1) is 0 Å². The van der Waals surface area contributed by atoms with E-state index in [1.165, 1.54) is 4.90 Å². The van der Waals surface area contributed by atoms with Crippen LogP contribution in [0.2, 0.25) is 5.02 Å². The highest BCUT2D eigenvalue weighted by atomic mass is 35.5. The van der Waals surface area contributed by atoms with Gasteiger partial charge in [-0.25, -0.2) is 9.59 Å². The maximum atomic E-state index is 11.7. The molecule has 110 valence electrons. The zero-order valence-corrected chi connectivity index (χ0v) is 11.9. The minimum absolute atomic E-state index is 0.160. The van der Waals surface area contributed by atoms with Crippen LogP contribution in [0.3, 0.4) is 0 Å². The third-order valence-electron chi connectivity index (χ3n) is 2.43. The molecular formula is C13H17ClN2O4. The SMILES string of the molecule is CN(Cc1ccc(Cl)cc1)C(=O)NCCOCC(=O)O. The molecule has 0 atom stereocenters. The van der Waals surface area contributed by atoms with Crippen molar-refractivity contribution in [3.8, 4) is 0 Å². The molecular weight excluding hydrogens is 284 g/mol. The van der Waals surface area contributed by atoms with Crippen LogP contribution in [0.4, 0.5) is 4.79 Å². The lowest BCUT2D eigenvalue weighted by Crippen LogP contribution is -2.38. The maximum Gasteiger partial charge on any atom is 0.329 e. The van der Waals surface area contributed by atoms with Gasteiger partial charge in [-0.2, -0.15) is 0 Å². The molecule has 0 aliphatic carbocycles. The Kier molecular flexibility index (Phi) is 6.83. The van der Waals surface area contributed by atoms with Crippen molar-refractivity contribution in [1.29, 1.82) is 0 Å². The quantitative estimate of drug-likeness (QED) is 0.749. The molecule has 1 aromatic carbocycles. The first-order valence-corrected chi connectivity index (χ1v) is 6.40. The maximum absolute atomic E-state index is 11.7. The average molecular weight is 301 g/mol. The second-order valence-electron chi connectivity index (χ2n) is 4.16. The number of urea groups is 1. The summed E-state index contributed by atoms with van der Waals surface area (Å²) in [6.45, 7) is 0.513. The molecule has 1 aromatic rings. The Labute approximate surface area is 122 Å². The number of ether oxygens (including phenoxy) is 1. The fourth-order valence-electron chi connectivity index (χ4n) is 1.46. The first-order valence-electron chi connectivity index (χ1n) is 6.02. The largest absolute Gasteiger partial charge is 0.480 e. The van der Waals surface area contributed by atoms with Crippen molar-refractivity contribution in [3.63, 3.8) is 0 Å². The van der Waals surface area contributed by atoms with Gasteiger partial charge in [0.2, 0.25) is 0 Å². The fourth-order valence-corrected chi connectivity index (χ4v) is 1.59. The summed E-state index contributed by atoms with van der Waals surface area (Å²) < 4.78 is 4.81. The van der Waals surface area contributed by atoms with Gasteiger partial charge in [-0.1, -0.05) is 23.7 Å². The molecule has 0 heterocycles. The molecule has 7 heteroatoms. The van der Waals surface area contributed by atoms with Crippen LogP contribution in [0.5, 0.6) is 0 Å². The van der Waals surface area contributed by atoms with Crippen molar-refractivity contribution in [2.45, 2.75) is 6.54 Å². The first kappa shape index (κ1) is 16.3. The average Bonchev–Trinajstić information content (AvgIpc) is 2.40. The second-order valence-corrected chi connectivity index (χ2v) is 4.60. The molecule has 0 aromatic heterocycles. The fraction of sp³-hybridized carbons (Fsp3) is 0.385. The summed E-state index contributed by atoms with van der Waals surface area (Å²) >= 11 is 5.78. The van der Waals surface area contributed by atoms with Gasteiger partial charge in [0.1, 0.15) is 6.61 Å². The number of rotatable bonds is 7. The van der Waals surface area contributed by atoms with Gasteiger partial charge in [0.05, 0.1) is 6.61 Å². The van der Waals surface area contributed by atoms with Crippen LogP contribution in [0.15, 0.2) is 24.3 Å². The molecule has 0 aliphatic heterocycles. The summed E-state index contributed by atoms with van der Waals surface area (Å²) in [6, 6.07) is 6.98. The Morgan fingerprint density at radius 2 is 2.00 bits per heavy atom. The van der Waals surface area contributed by atoms with E-state index in [2.05, 4.69) is 5.32 Å². The normalized spacial score (nSPS) is 10.1. The van der Waals surface area contributed by atoms with E-state index in [0.717, 1.165) is 5.56 Å². The van der Waals surface area contributed by atoms with E-state index < -0.39 is 5.97 Å². The molecule has 6 nitrogen and oxygen atoms in total. The smallest absolute Gasteiger partial charge is 0.329 e. The predicted octanol–water partition coefficient (Wildman–Crippen LogP) is 1.58.